The fraction of sp³-hybridized carbons (Fsp3) is 0.591. The summed E-state index contributed by atoms with van der Waals surface area (Å²) in [4.78, 5) is 40.3. The van der Waals surface area contributed by atoms with Gasteiger partial charge in [0.2, 0.25) is 27.7 Å². The van der Waals surface area contributed by atoms with Crippen molar-refractivity contribution in [3.63, 3.8) is 0 Å². The number of nitrogens with one attached hydrogen (secondary N) is 1. The smallest absolute Gasteiger partial charge is 0.243 e. The van der Waals surface area contributed by atoms with Gasteiger partial charge in [0.05, 0.1) is 4.90 Å². The number of anilines is 1. The summed E-state index contributed by atoms with van der Waals surface area (Å²) >= 11 is 0. The lowest BCUT2D eigenvalue weighted by atomic mass is 10.1. The Bertz CT molecular complexity index is 990. The Morgan fingerprint density at radius 2 is 1.94 bits per heavy atom. The van der Waals surface area contributed by atoms with E-state index in [2.05, 4.69) is 5.32 Å². The number of carbonyl (C=O) groups excluding carboxylic acids is 3. The molecule has 0 aliphatic carbocycles. The molecular formula is C22H32N4O5S. The molecule has 0 aromatic heterocycles. The van der Waals surface area contributed by atoms with Gasteiger partial charge in [-0.25, -0.2) is 8.42 Å². The molecule has 3 rings (SSSR count). The zero-order valence-corrected chi connectivity index (χ0v) is 19.8. The molecule has 1 N–H and O–H groups in total. The number of hydrogen-bond acceptors (Lipinski definition) is 5. The molecule has 1 saturated heterocycles. The molecule has 10 heteroatoms. The van der Waals surface area contributed by atoms with E-state index in [0.29, 0.717) is 50.3 Å². The first kappa shape index (κ1) is 24.2. The van der Waals surface area contributed by atoms with Gasteiger partial charge >= 0.3 is 0 Å². The minimum atomic E-state index is -3.63. The van der Waals surface area contributed by atoms with Gasteiger partial charge in [-0.1, -0.05) is 13.8 Å². The predicted molar refractivity (Wildman–Crippen MR) is 121 cm³/mol. The molecular weight excluding hydrogens is 432 g/mol. The van der Waals surface area contributed by atoms with Crippen LogP contribution >= 0.6 is 0 Å². The Labute approximate surface area is 189 Å². The quantitative estimate of drug-likeness (QED) is 0.551. The van der Waals surface area contributed by atoms with Crippen molar-refractivity contribution in [1.82, 2.24) is 14.5 Å². The van der Waals surface area contributed by atoms with Crippen molar-refractivity contribution in [1.29, 1.82) is 0 Å². The SMILES string of the molecule is CCN(CC)S(=O)(=O)c1ccc2c(c1)C[C@H](C(=O)NCCCN1CCCC1=O)N2C(C)=O. The fourth-order valence-electron chi connectivity index (χ4n) is 4.44. The highest BCUT2D eigenvalue weighted by atomic mass is 32.2. The normalized spacial score (nSPS) is 18.4. The van der Waals surface area contributed by atoms with Crippen LogP contribution in [0.1, 0.15) is 45.6 Å². The van der Waals surface area contributed by atoms with Crippen molar-refractivity contribution in [2.75, 3.05) is 37.6 Å². The summed E-state index contributed by atoms with van der Waals surface area (Å²) < 4.78 is 27.1. The van der Waals surface area contributed by atoms with Crippen LogP contribution in [0.4, 0.5) is 5.69 Å². The number of benzene rings is 1. The van der Waals surface area contributed by atoms with Crippen LogP contribution in [0.5, 0.6) is 0 Å². The maximum atomic E-state index is 12.9. The van der Waals surface area contributed by atoms with Crippen molar-refractivity contribution in [2.45, 2.75) is 57.4 Å². The van der Waals surface area contributed by atoms with Gasteiger partial charge in [0, 0.05) is 58.2 Å². The van der Waals surface area contributed by atoms with Gasteiger partial charge in [0.1, 0.15) is 6.04 Å². The summed E-state index contributed by atoms with van der Waals surface area (Å²) in [6.07, 6.45) is 2.37. The highest BCUT2D eigenvalue weighted by Gasteiger charge is 2.38. The molecule has 3 amide bonds. The lowest BCUT2D eigenvalue weighted by Gasteiger charge is -2.24. The standard InChI is InChI=1S/C22H32N4O5S/c1-4-25(5-2)32(30,31)18-9-10-19-17(14-18)15-20(26(19)16(3)27)22(29)23-11-7-13-24-12-6-8-21(24)28/h9-10,14,20H,4-8,11-13,15H2,1-3H3,(H,23,29)/t20-/m1/s1. The van der Waals surface area contributed by atoms with Crippen LogP contribution in [0.2, 0.25) is 0 Å². The first-order chi connectivity index (χ1) is 15.2. The summed E-state index contributed by atoms with van der Waals surface area (Å²) in [5.74, 6) is -0.399. The third-order valence-electron chi connectivity index (χ3n) is 6.10. The molecule has 176 valence electrons. The molecule has 32 heavy (non-hydrogen) atoms. The second-order valence-electron chi connectivity index (χ2n) is 8.12. The third kappa shape index (κ3) is 4.80. The van der Waals surface area contributed by atoms with E-state index in [-0.39, 0.29) is 29.0 Å². The first-order valence-corrected chi connectivity index (χ1v) is 12.6. The highest BCUT2D eigenvalue weighted by Crippen LogP contribution is 2.34. The number of carbonyl (C=O) groups is 3. The van der Waals surface area contributed by atoms with Gasteiger partial charge in [-0.3, -0.25) is 19.3 Å². The second-order valence-corrected chi connectivity index (χ2v) is 10.1. The lowest BCUT2D eigenvalue weighted by Crippen LogP contribution is -2.47. The van der Waals surface area contributed by atoms with Gasteiger partial charge in [-0.15, -0.1) is 0 Å². The van der Waals surface area contributed by atoms with Crippen LogP contribution in [-0.2, 0) is 30.8 Å². The minimum absolute atomic E-state index is 0.154. The molecule has 1 fully saturated rings. The van der Waals surface area contributed by atoms with Gasteiger partial charge in [0.15, 0.2) is 0 Å². The summed E-state index contributed by atoms with van der Waals surface area (Å²) in [7, 11) is -3.63. The lowest BCUT2D eigenvalue weighted by molar-refractivity contribution is -0.127. The van der Waals surface area contributed by atoms with Crippen LogP contribution in [-0.4, -0.2) is 74.1 Å². The van der Waals surface area contributed by atoms with E-state index in [1.54, 1.807) is 30.9 Å². The molecule has 0 unspecified atom stereocenters. The van der Waals surface area contributed by atoms with Crippen LogP contribution in [0.25, 0.3) is 0 Å². The van der Waals surface area contributed by atoms with Crippen molar-refractivity contribution >= 4 is 33.4 Å². The number of amides is 3. The summed E-state index contributed by atoms with van der Waals surface area (Å²) in [6.45, 7) is 7.47. The van der Waals surface area contributed by atoms with Gasteiger partial charge in [-0.05, 0) is 36.6 Å². The van der Waals surface area contributed by atoms with E-state index < -0.39 is 16.1 Å². The van der Waals surface area contributed by atoms with Crippen molar-refractivity contribution in [3.8, 4) is 0 Å². The number of sulfonamides is 1. The predicted octanol–water partition coefficient (Wildman–Crippen LogP) is 1.12. The average molecular weight is 465 g/mol. The minimum Gasteiger partial charge on any atom is -0.354 e. The summed E-state index contributed by atoms with van der Waals surface area (Å²) in [5, 5.41) is 2.87. The van der Waals surface area contributed by atoms with Gasteiger partial charge in [0.25, 0.3) is 0 Å². The molecule has 2 heterocycles. The number of likely N-dealkylation sites (tertiary alicyclic amines) is 1. The highest BCUT2D eigenvalue weighted by molar-refractivity contribution is 7.89. The number of hydrogen-bond donors (Lipinski definition) is 1. The van der Waals surface area contributed by atoms with E-state index in [1.807, 2.05) is 0 Å². The summed E-state index contributed by atoms with van der Waals surface area (Å²) in [6, 6.07) is 3.96. The van der Waals surface area contributed by atoms with Crippen molar-refractivity contribution in [2.24, 2.45) is 0 Å². The maximum Gasteiger partial charge on any atom is 0.243 e. The molecule has 2 aliphatic rings. The van der Waals surface area contributed by atoms with E-state index in [0.717, 1.165) is 13.0 Å². The first-order valence-electron chi connectivity index (χ1n) is 11.2. The zero-order chi connectivity index (χ0) is 23.5. The molecule has 0 radical (unpaired) electrons. The van der Waals surface area contributed by atoms with Crippen LogP contribution in [0, 0.1) is 0 Å². The second kappa shape index (κ2) is 9.99. The third-order valence-corrected chi connectivity index (χ3v) is 8.14. The van der Waals surface area contributed by atoms with E-state index in [1.165, 1.54) is 22.2 Å². The molecule has 1 aromatic carbocycles. The average Bonchev–Trinajstić information content (AvgIpc) is 3.34. The molecule has 1 aromatic rings. The van der Waals surface area contributed by atoms with Gasteiger partial charge in [-0.2, -0.15) is 4.31 Å². The van der Waals surface area contributed by atoms with Crippen LogP contribution in [0.3, 0.4) is 0 Å². The topological polar surface area (TPSA) is 107 Å². The number of fused-ring (bicyclic) bond motifs is 1. The Kier molecular flexibility index (Phi) is 7.55. The Balaban J connectivity index is 1.70. The molecule has 2 aliphatic heterocycles. The molecule has 0 spiro atoms. The molecule has 9 nitrogen and oxygen atoms in total. The van der Waals surface area contributed by atoms with Crippen molar-refractivity contribution < 1.29 is 22.8 Å². The zero-order valence-electron chi connectivity index (χ0n) is 19.0. The van der Waals surface area contributed by atoms with Crippen molar-refractivity contribution in [3.05, 3.63) is 23.8 Å². The van der Waals surface area contributed by atoms with E-state index in [9.17, 15) is 22.8 Å². The Hall–Kier alpha value is -2.46. The van der Waals surface area contributed by atoms with E-state index >= 15 is 0 Å². The largest absolute Gasteiger partial charge is 0.354 e. The maximum absolute atomic E-state index is 12.9. The van der Waals surface area contributed by atoms with Crippen LogP contribution in [0.15, 0.2) is 23.1 Å². The molecule has 0 saturated carbocycles. The number of rotatable bonds is 9. The Morgan fingerprint density at radius 3 is 2.53 bits per heavy atom. The monoisotopic (exact) mass is 464 g/mol. The molecule has 0 bridgehead atoms. The summed E-state index contributed by atoms with van der Waals surface area (Å²) in [5.41, 5.74) is 1.23. The van der Waals surface area contributed by atoms with Crippen LogP contribution < -0.4 is 10.2 Å². The molecule has 1 atom stereocenters. The van der Waals surface area contributed by atoms with Gasteiger partial charge < -0.3 is 10.2 Å². The fourth-order valence-corrected chi connectivity index (χ4v) is 5.95. The Morgan fingerprint density at radius 1 is 1.22 bits per heavy atom. The van der Waals surface area contributed by atoms with E-state index in [4.69, 9.17) is 0 Å². The number of nitrogens with zero attached hydrogens (tertiary/aromatic N) is 3.